The highest BCUT2D eigenvalue weighted by atomic mass is 16.5. The summed E-state index contributed by atoms with van der Waals surface area (Å²) in [4.78, 5) is 12.7. The average molecular weight is 310 g/mol. The van der Waals surface area contributed by atoms with Crippen LogP contribution in [0, 0.1) is 13.8 Å². The molecule has 0 fully saturated rings. The van der Waals surface area contributed by atoms with Gasteiger partial charge in [0, 0.05) is 5.57 Å². The highest BCUT2D eigenvalue weighted by Gasteiger charge is 2.24. The number of ketones is 1. The van der Waals surface area contributed by atoms with Crippen LogP contribution in [-0.4, -0.2) is 24.6 Å². The molecule has 0 aliphatic carbocycles. The summed E-state index contributed by atoms with van der Waals surface area (Å²) in [5.74, 6) is 1.42. The van der Waals surface area contributed by atoms with E-state index in [9.17, 15) is 9.90 Å². The molecule has 1 heterocycles. The predicted octanol–water partition coefficient (Wildman–Crippen LogP) is 3.68. The fourth-order valence-corrected chi connectivity index (χ4v) is 2.71. The predicted molar refractivity (Wildman–Crippen MR) is 88.4 cm³/mol. The van der Waals surface area contributed by atoms with E-state index in [0.29, 0.717) is 22.6 Å². The van der Waals surface area contributed by atoms with E-state index < -0.39 is 0 Å². The Kier molecular flexibility index (Phi) is 3.82. The SMILES string of the molecule is COc1ccc2c(c1)C(=O)/C(=C/c1cc(C)c(O)c(C)c1)CO2. The number of carbonyl (C=O) groups is 1. The van der Waals surface area contributed by atoms with Crippen LogP contribution in [0.25, 0.3) is 6.08 Å². The first-order valence-electron chi connectivity index (χ1n) is 7.36. The van der Waals surface area contributed by atoms with Crippen LogP contribution in [0.1, 0.15) is 27.0 Å². The lowest BCUT2D eigenvalue weighted by Gasteiger charge is -2.19. The minimum Gasteiger partial charge on any atom is -0.507 e. The lowest BCUT2D eigenvalue weighted by atomic mass is 9.97. The van der Waals surface area contributed by atoms with E-state index in [-0.39, 0.29) is 18.1 Å². The molecule has 0 radical (unpaired) electrons. The summed E-state index contributed by atoms with van der Waals surface area (Å²) in [7, 11) is 1.56. The van der Waals surface area contributed by atoms with Gasteiger partial charge in [0.2, 0.25) is 0 Å². The Morgan fingerprint density at radius 2 is 1.87 bits per heavy atom. The highest BCUT2D eigenvalue weighted by molar-refractivity contribution is 6.14. The molecule has 2 aromatic carbocycles. The van der Waals surface area contributed by atoms with Gasteiger partial charge in [0.25, 0.3) is 0 Å². The van der Waals surface area contributed by atoms with Gasteiger partial charge in [0.05, 0.1) is 12.7 Å². The summed E-state index contributed by atoms with van der Waals surface area (Å²) in [6, 6.07) is 8.91. The van der Waals surface area contributed by atoms with Gasteiger partial charge in [-0.3, -0.25) is 4.79 Å². The molecule has 118 valence electrons. The van der Waals surface area contributed by atoms with Gasteiger partial charge in [-0.15, -0.1) is 0 Å². The molecule has 0 spiro atoms. The van der Waals surface area contributed by atoms with Gasteiger partial charge in [-0.05, 0) is 66.9 Å². The van der Waals surface area contributed by atoms with E-state index in [1.54, 1.807) is 25.3 Å². The first kappa shape index (κ1) is 15.2. The summed E-state index contributed by atoms with van der Waals surface area (Å²) in [6.45, 7) is 3.91. The van der Waals surface area contributed by atoms with E-state index in [4.69, 9.17) is 9.47 Å². The number of phenols is 1. The van der Waals surface area contributed by atoms with Crippen molar-refractivity contribution in [1.29, 1.82) is 0 Å². The number of fused-ring (bicyclic) bond motifs is 1. The fraction of sp³-hybridized carbons (Fsp3) is 0.211. The number of benzene rings is 2. The molecule has 1 aliphatic rings. The number of hydrogen-bond donors (Lipinski definition) is 1. The van der Waals surface area contributed by atoms with Gasteiger partial charge in [-0.25, -0.2) is 0 Å². The van der Waals surface area contributed by atoms with E-state index in [1.165, 1.54) is 0 Å². The Balaban J connectivity index is 2.00. The first-order valence-corrected chi connectivity index (χ1v) is 7.36. The van der Waals surface area contributed by atoms with Gasteiger partial charge < -0.3 is 14.6 Å². The van der Waals surface area contributed by atoms with Crippen molar-refractivity contribution in [2.45, 2.75) is 13.8 Å². The van der Waals surface area contributed by atoms with Gasteiger partial charge >= 0.3 is 0 Å². The number of aryl methyl sites for hydroxylation is 2. The number of Topliss-reactive ketones (excluding diaryl/α,β-unsaturated/α-hetero) is 1. The highest BCUT2D eigenvalue weighted by Crippen LogP contribution is 2.32. The van der Waals surface area contributed by atoms with Crippen molar-refractivity contribution in [1.82, 2.24) is 0 Å². The van der Waals surface area contributed by atoms with Crippen LogP contribution in [-0.2, 0) is 0 Å². The quantitative estimate of drug-likeness (QED) is 0.860. The van der Waals surface area contributed by atoms with Crippen molar-refractivity contribution in [3.05, 3.63) is 58.2 Å². The Morgan fingerprint density at radius 3 is 2.52 bits per heavy atom. The molecule has 1 aliphatic heterocycles. The third-order valence-electron chi connectivity index (χ3n) is 3.96. The molecule has 0 bridgehead atoms. The zero-order valence-electron chi connectivity index (χ0n) is 13.3. The number of carbonyl (C=O) groups excluding carboxylic acids is 1. The molecular formula is C19H18O4. The van der Waals surface area contributed by atoms with Gasteiger partial charge in [0.1, 0.15) is 23.9 Å². The topological polar surface area (TPSA) is 55.8 Å². The van der Waals surface area contributed by atoms with Gasteiger partial charge in [-0.2, -0.15) is 0 Å². The number of methoxy groups -OCH3 is 1. The normalized spacial score (nSPS) is 15.3. The lowest BCUT2D eigenvalue weighted by molar-refractivity contribution is 0.100. The molecule has 0 unspecified atom stereocenters. The fourth-order valence-electron chi connectivity index (χ4n) is 2.71. The van der Waals surface area contributed by atoms with E-state index in [1.807, 2.05) is 32.1 Å². The number of hydrogen-bond acceptors (Lipinski definition) is 4. The van der Waals surface area contributed by atoms with E-state index in [2.05, 4.69) is 0 Å². The Bertz CT molecular complexity index is 795. The second-order valence-electron chi connectivity index (χ2n) is 5.65. The van der Waals surface area contributed by atoms with Gasteiger partial charge in [0.15, 0.2) is 5.78 Å². The summed E-state index contributed by atoms with van der Waals surface area (Å²) < 4.78 is 10.8. The summed E-state index contributed by atoms with van der Waals surface area (Å²) >= 11 is 0. The Morgan fingerprint density at radius 1 is 1.17 bits per heavy atom. The Labute approximate surface area is 135 Å². The maximum absolute atomic E-state index is 12.7. The minimum absolute atomic E-state index is 0.0615. The molecule has 0 amide bonds. The molecule has 3 rings (SSSR count). The van der Waals surface area contributed by atoms with E-state index >= 15 is 0 Å². The van der Waals surface area contributed by atoms with Crippen LogP contribution < -0.4 is 9.47 Å². The summed E-state index contributed by atoms with van der Waals surface area (Å²) in [5.41, 5.74) is 3.52. The summed E-state index contributed by atoms with van der Waals surface area (Å²) in [6.07, 6.45) is 1.81. The van der Waals surface area contributed by atoms with Crippen molar-refractivity contribution in [3.63, 3.8) is 0 Å². The Hall–Kier alpha value is -2.75. The third kappa shape index (κ3) is 2.80. The lowest BCUT2D eigenvalue weighted by Crippen LogP contribution is -2.19. The first-order chi connectivity index (χ1) is 11.0. The standard InChI is InChI=1S/C19H18O4/c1-11-6-13(7-12(2)18(11)20)8-14-10-23-17-5-4-15(22-3)9-16(17)19(14)21/h4-9,20H,10H2,1-3H3/b14-8+. The van der Waals surface area contributed by atoms with Crippen LogP contribution in [0.15, 0.2) is 35.9 Å². The van der Waals surface area contributed by atoms with Crippen molar-refractivity contribution in [2.24, 2.45) is 0 Å². The molecule has 0 saturated carbocycles. The van der Waals surface area contributed by atoms with Crippen molar-refractivity contribution in [3.8, 4) is 17.2 Å². The minimum atomic E-state index is -0.0615. The molecular weight excluding hydrogens is 292 g/mol. The number of phenolic OH excluding ortho intramolecular Hbond substituents is 1. The van der Waals surface area contributed by atoms with Crippen LogP contribution in [0.4, 0.5) is 0 Å². The molecule has 0 saturated heterocycles. The maximum atomic E-state index is 12.7. The maximum Gasteiger partial charge on any atom is 0.196 e. The van der Waals surface area contributed by atoms with Gasteiger partial charge in [-0.1, -0.05) is 0 Å². The van der Waals surface area contributed by atoms with Crippen molar-refractivity contribution in [2.75, 3.05) is 13.7 Å². The van der Waals surface area contributed by atoms with Crippen molar-refractivity contribution < 1.29 is 19.4 Å². The molecule has 4 nitrogen and oxygen atoms in total. The number of aromatic hydroxyl groups is 1. The van der Waals surface area contributed by atoms with Crippen LogP contribution in [0.3, 0.4) is 0 Å². The third-order valence-corrected chi connectivity index (χ3v) is 3.96. The van der Waals surface area contributed by atoms with E-state index in [0.717, 1.165) is 16.7 Å². The molecule has 23 heavy (non-hydrogen) atoms. The second kappa shape index (κ2) is 5.80. The molecule has 0 atom stereocenters. The zero-order chi connectivity index (χ0) is 16.6. The van der Waals surface area contributed by atoms with Crippen LogP contribution in [0.2, 0.25) is 0 Å². The number of ether oxygens (including phenoxy) is 2. The van der Waals surface area contributed by atoms with Crippen LogP contribution >= 0.6 is 0 Å². The van der Waals surface area contributed by atoms with Crippen LogP contribution in [0.5, 0.6) is 17.2 Å². The smallest absolute Gasteiger partial charge is 0.196 e. The molecule has 0 aromatic heterocycles. The number of rotatable bonds is 2. The largest absolute Gasteiger partial charge is 0.507 e. The second-order valence-corrected chi connectivity index (χ2v) is 5.65. The average Bonchev–Trinajstić information content (AvgIpc) is 2.55. The molecule has 2 aromatic rings. The monoisotopic (exact) mass is 310 g/mol. The molecule has 4 heteroatoms. The molecule has 1 N–H and O–H groups in total. The zero-order valence-corrected chi connectivity index (χ0v) is 13.3. The van der Waals surface area contributed by atoms with Crippen molar-refractivity contribution >= 4 is 11.9 Å². The summed E-state index contributed by atoms with van der Waals surface area (Å²) in [5, 5.41) is 9.85.